The van der Waals surface area contributed by atoms with Crippen molar-refractivity contribution in [3.63, 3.8) is 0 Å². The van der Waals surface area contributed by atoms with Gasteiger partial charge in [-0.2, -0.15) is 11.8 Å². The minimum Gasteiger partial charge on any atom is -0.375 e. The van der Waals surface area contributed by atoms with Crippen LogP contribution in [0, 0.1) is 0 Å². The van der Waals surface area contributed by atoms with Crippen molar-refractivity contribution in [2.24, 2.45) is 4.99 Å². The van der Waals surface area contributed by atoms with Crippen LogP contribution in [0.25, 0.3) is 0 Å². The maximum absolute atomic E-state index is 5.70. The highest BCUT2D eigenvalue weighted by Gasteiger charge is 2.28. The summed E-state index contributed by atoms with van der Waals surface area (Å²) >= 11 is 2.03. The number of hydrogen-bond donors (Lipinski definition) is 1. The number of nitrogens with zero attached hydrogens (tertiary/aromatic N) is 2. The van der Waals surface area contributed by atoms with Crippen molar-refractivity contribution < 1.29 is 4.74 Å². The van der Waals surface area contributed by atoms with Gasteiger partial charge in [0.2, 0.25) is 0 Å². The Balaban J connectivity index is 0.00000264. The second kappa shape index (κ2) is 10.4. The van der Waals surface area contributed by atoms with Crippen LogP contribution in [0.15, 0.2) is 35.3 Å². The highest BCUT2D eigenvalue weighted by atomic mass is 127. The number of thioether (sulfide) groups is 1. The number of nitrogens with one attached hydrogen (secondary N) is 1. The molecule has 1 heterocycles. The molecule has 0 aliphatic carbocycles. The Morgan fingerprint density at radius 3 is 2.74 bits per heavy atom. The molecule has 1 aliphatic heterocycles. The number of benzene rings is 1. The molecule has 1 aromatic rings. The summed E-state index contributed by atoms with van der Waals surface area (Å²) in [6.07, 6.45) is 0. The summed E-state index contributed by atoms with van der Waals surface area (Å²) < 4.78 is 5.99. The van der Waals surface area contributed by atoms with E-state index in [9.17, 15) is 0 Å². The fourth-order valence-corrected chi connectivity index (χ4v) is 3.64. The Morgan fingerprint density at radius 1 is 1.35 bits per heavy atom. The first-order valence-corrected chi connectivity index (χ1v) is 8.80. The van der Waals surface area contributed by atoms with E-state index in [1.807, 2.05) is 37.0 Å². The molecule has 1 fully saturated rings. The smallest absolute Gasteiger partial charge is 0.193 e. The molecule has 1 saturated heterocycles. The van der Waals surface area contributed by atoms with E-state index in [0.717, 1.165) is 31.3 Å². The quantitative estimate of drug-likeness (QED) is 0.324. The number of guanidine groups is 1. The predicted octanol–water partition coefficient (Wildman–Crippen LogP) is 3.22. The summed E-state index contributed by atoms with van der Waals surface area (Å²) in [5, 5.41) is 3.40. The Labute approximate surface area is 161 Å². The molecule has 0 aromatic heterocycles. The molecule has 0 saturated carbocycles. The Morgan fingerprint density at radius 2 is 2.09 bits per heavy atom. The zero-order chi connectivity index (χ0) is 15.8. The van der Waals surface area contributed by atoms with Crippen LogP contribution >= 0.6 is 35.7 Å². The Kier molecular flexibility index (Phi) is 9.31. The van der Waals surface area contributed by atoms with Crippen molar-refractivity contribution in [2.75, 3.05) is 39.0 Å². The zero-order valence-corrected chi connectivity index (χ0v) is 17.4. The predicted molar refractivity (Wildman–Crippen MR) is 111 cm³/mol. The van der Waals surface area contributed by atoms with Crippen molar-refractivity contribution in [3.05, 3.63) is 35.9 Å². The lowest BCUT2D eigenvalue weighted by molar-refractivity contribution is 0.125. The van der Waals surface area contributed by atoms with Gasteiger partial charge in [-0.25, -0.2) is 0 Å². The van der Waals surface area contributed by atoms with Crippen LogP contribution in [0.3, 0.4) is 0 Å². The summed E-state index contributed by atoms with van der Waals surface area (Å²) in [6.45, 7) is 8.79. The molecule has 0 amide bonds. The SMILES string of the molecule is CN=C(NCCOCc1ccccc1)N1CCSC(C)(C)C1.I. The molecule has 130 valence electrons. The third-order valence-electron chi connectivity index (χ3n) is 3.58. The molecule has 0 bridgehead atoms. The van der Waals surface area contributed by atoms with E-state index in [0.29, 0.717) is 18.0 Å². The second-order valence-electron chi connectivity index (χ2n) is 6.04. The first kappa shape index (κ1) is 20.6. The van der Waals surface area contributed by atoms with E-state index in [1.54, 1.807) is 0 Å². The largest absolute Gasteiger partial charge is 0.375 e. The minimum absolute atomic E-state index is 0. The van der Waals surface area contributed by atoms with Gasteiger partial charge in [-0.1, -0.05) is 30.3 Å². The van der Waals surface area contributed by atoms with E-state index >= 15 is 0 Å². The molecule has 6 heteroatoms. The molecular weight excluding hydrogens is 421 g/mol. The lowest BCUT2D eigenvalue weighted by Gasteiger charge is -2.39. The molecule has 23 heavy (non-hydrogen) atoms. The molecule has 2 rings (SSSR count). The van der Waals surface area contributed by atoms with Gasteiger partial charge in [0.15, 0.2) is 5.96 Å². The molecule has 0 spiro atoms. The van der Waals surface area contributed by atoms with Gasteiger partial charge in [-0.15, -0.1) is 24.0 Å². The van der Waals surface area contributed by atoms with Crippen molar-refractivity contribution >= 4 is 41.7 Å². The molecule has 1 aromatic carbocycles. The first-order valence-electron chi connectivity index (χ1n) is 7.82. The summed E-state index contributed by atoms with van der Waals surface area (Å²) in [5.41, 5.74) is 1.21. The van der Waals surface area contributed by atoms with Crippen LogP contribution in [0.2, 0.25) is 0 Å². The maximum Gasteiger partial charge on any atom is 0.193 e. The number of ether oxygens (including phenoxy) is 1. The van der Waals surface area contributed by atoms with Crippen molar-refractivity contribution in [1.29, 1.82) is 0 Å². The molecular formula is C17H28IN3OS. The fraction of sp³-hybridized carbons (Fsp3) is 0.588. The average molecular weight is 449 g/mol. The summed E-state index contributed by atoms with van der Waals surface area (Å²) in [4.78, 5) is 6.74. The first-order chi connectivity index (χ1) is 10.6. The molecule has 1 aliphatic rings. The van der Waals surface area contributed by atoms with E-state index in [1.165, 1.54) is 5.56 Å². The summed E-state index contributed by atoms with van der Waals surface area (Å²) in [7, 11) is 1.85. The topological polar surface area (TPSA) is 36.9 Å². The Bertz CT molecular complexity index is 482. The highest BCUT2D eigenvalue weighted by Crippen LogP contribution is 2.29. The Hall–Kier alpha value is -0.470. The van der Waals surface area contributed by atoms with Gasteiger partial charge in [-0.05, 0) is 19.4 Å². The van der Waals surface area contributed by atoms with Crippen LogP contribution in [-0.2, 0) is 11.3 Å². The van der Waals surface area contributed by atoms with Gasteiger partial charge in [-0.3, -0.25) is 4.99 Å². The van der Waals surface area contributed by atoms with E-state index in [4.69, 9.17) is 4.74 Å². The van der Waals surface area contributed by atoms with Crippen molar-refractivity contribution in [1.82, 2.24) is 10.2 Å². The molecule has 1 N–H and O–H groups in total. The monoisotopic (exact) mass is 449 g/mol. The molecule has 0 radical (unpaired) electrons. The lowest BCUT2D eigenvalue weighted by atomic mass is 10.2. The third kappa shape index (κ3) is 7.30. The normalized spacial score (nSPS) is 17.5. The molecule has 0 unspecified atom stereocenters. The van der Waals surface area contributed by atoms with Crippen molar-refractivity contribution in [3.8, 4) is 0 Å². The second-order valence-corrected chi connectivity index (χ2v) is 7.84. The summed E-state index contributed by atoms with van der Waals surface area (Å²) in [6, 6.07) is 10.3. The van der Waals surface area contributed by atoms with Gasteiger partial charge in [0.05, 0.1) is 13.2 Å². The number of aliphatic imine (C=N–C) groups is 1. The fourth-order valence-electron chi connectivity index (χ4n) is 2.53. The van der Waals surface area contributed by atoms with E-state index in [-0.39, 0.29) is 24.0 Å². The highest BCUT2D eigenvalue weighted by molar-refractivity contribution is 14.0. The summed E-state index contributed by atoms with van der Waals surface area (Å²) in [5.74, 6) is 2.13. The lowest BCUT2D eigenvalue weighted by Crippen LogP contribution is -2.51. The maximum atomic E-state index is 5.70. The van der Waals surface area contributed by atoms with Gasteiger partial charge >= 0.3 is 0 Å². The third-order valence-corrected chi connectivity index (χ3v) is 4.88. The van der Waals surface area contributed by atoms with Crippen LogP contribution < -0.4 is 5.32 Å². The van der Waals surface area contributed by atoms with Gasteiger partial charge in [0.1, 0.15) is 0 Å². The van der Waals surface area contributed by atoms with E-state index in [2.05, 4.69) is 41.2 Å². The van der Waals surface area contributed by atoms with E-state index < -0.39 is 0 Å². The molecule has 0 atom stereocenters. The van der Waals surface area contributed by atoms with Gasteiger partial charge in [0, 0.05) is 37.2 Å². The van der Waals surface area contributed by atoms with Crippen LogP contribution in [-0.4, -0.2) is 54.6 Å². The van der Waals surface area contributed by atoms with Crippen LogP contribution in [0.5, 0.6) is 0 Å². The minimum atomic E-state index is 0. The van der Waals surface area contributed by atoms with Crippen LogP contribution in [0.1, 0.15) is 19.4 Å². The van der Waals surface area contributed by atoms with Crippen molar-refractivity contribution in [2.45, 2.75) is 25.2 Å². The zero-order valence-electron chi connectivity index (χ0n) is 14.2. The number of halogens is 1. The standard InChI is InChI=1S/C17H27N3OS.HI/c1-17(2)14-20(10-12-22-17)16(18-3)19-9-11-21-13-15-7-5-4-6-8-15;/h4-8H,9-14H2,1-3H3,(H,18,19);1H. The average Bonchev–Trinajstić information content (AvgIpc) is 2.51. The van der Waals surface area contributed by atoms with Crippen LogP contribution in [0.4, 0.5) is 0 Å². The van der Waals surface area contributed by atoms with Gasteiger partial charge < -0.3 is 15.0 Å². The van der Waals surface area contributed by atoms with Gasteiger partial charge in [0.25, 0.3) is 0 Å². The molecule has 4 nitrogen and oxygen atoms in total. The number of rotatable bonds is 5. The number of hydrogen-bond acceptors (Lipinski definition) is 3.